The zero-order valence-corrected chi connectivity index (χ0v) is 9.58. The smallest absolute Gasteiger partial charge is 0.122 e. The van der Waals surface area contributed by atoms with Crippen LogP contribution >= 0.6 is 0 Å². The molecule has 0 saturated carbocycles. The second kappa shape index (κ2) is 6.30. The first kappa shape index (κ1) is 11.9. The number of methoxy groups -OCH3 is 1. The van der Waals surface area contributed by atoms with Crippen molar-refractivity contribution in [1.29, 1.82) is 0 Å². The summed E-state index contributed by atoms with van der Waals surface area (Å²) in [5.41, 5.74) is 1.08. The fraction of sp³-hybridized carbons (Fsp3) is 0.500. The molecule has 0 heterocycles. The van der Waals surface area contributed by atoms with E-state index in [-0.39, 0.29) is 0 Å². The molecule has 0 bridgehead atoms. The maximum atomic E-state index is 5.51. The second-order valence-corrected chi connectivity index (χ2v) is 3.18. The quantitative estimate of drug-likeness (QED) is 0.675. The highest BCUT2D eigenvalue weighted by Crippen LogP contribution is 2.22. The SMILES string of the molecule is CCOCCOc1ccc(OC)c(C)c1. The van der Waals surface area contributed by atoms with Crippen molar-refractivity contribution in [1.82, 2.24) is 0 Å². The zero-order valence-electron chi connectivity index (χ0n) is 9.58. The minimum absolute atomic E-state index is 0.583. The van der Waals surface area contributed by atoms with E-state index in [1.807, 2.05) is 32.0 Å². The molecule has 15 heavy (non-hydrogen) atoms. The molecule has 0 N–H and O–H groups in total. The minimum Gasteiger partial charge on any atom is -0.496 e. The number of benzene rings is 1. The fourth-order valence-corrected chi connectivity index (χ4v) is 1.30. The predicted molar refractivity (Wildman–Crippen MR) is 59.7 cm³/mol. The van der Waals surface area contributed by atoms with Crippen LogP contribution in [-0.4, -0.2) is 26.9 Å². The van der Waals surface area contributed by atoms with E-state index in [0.29, 0.717) is 13.2 Å². The van der Waals surface area contributed by atoms with Gasteiger partial charge in [-0.1, -0.05) is 0 Å². The summed E-state index contributed by atoms with van der Waals surface area (Å²) in [5, 5.41) is 0. The lowest BCUT2D eigenvalue weighted by Gasteiger charge is -2.09. The van der Waals surface area contributed by atoms with E-state index in [1.165, 1.54) is 0 Å². The van der Waals surface area contributed by atoms with Gasteiger partial charge in [0.15, 0.2) is 0 Å². The lowest BCUT2D eigenvalue weighted by molar-refractivity contribution is 0.110. The Labute approximate surface area is 91.0 Å². The highest BCUT2D eigenvalue weighted by atomic mass is 16.5. The fourth-order valence-electron chi connectivity index (χ4n) is 1.30. The maximum absolute atomic E-state index is 5.51. The number of rotatable bonds is 6. The van der Waals surface area contributed by atoms with Gasteiger partial charge in [-0.2, -0.15) is 0 Å². The number of ether oxygens (including phenoxy) is 3. The van der Waals surface area contributed by atoms with E-state index in [9.17, 15) is 0 Å². The van der Waals surface area contributed by atoms with Crippen LogP contribution in [0.3, 0.4) is 0 Å². The molecule has 1 rings (SSSR count). The van der Waals surface area contributed by atoms with Crippen molar-refractivity contribution >= 4 is 0 Å². The van der Waals surface area contributed by atoms with Gasteiger partial charge in [-0.05, 0) is 37.6 Å². The number of aryl methyl sites for hydroxylation is 1. The van der Waals surface area contributed by atoms with Crippen LogP contribution in [0.15, 0.2) is 18.2 Å². The molecule has 0 amide bonds. The van der Waals surface area contributed by atoms with Crippen molar-refractivity contribution < 1.29 is 14.2 Å². The van der Waals surface area contributed by atoms with Gasteiger partial charge in [0.25, 0.3) is 0 Å². The minimum atomic E-state index is 0.583. The Morgan fingerprint density at radius 3 is 2.60 bits per heavy atom. The first-order valence-electron chi connectivity index (χ1n) is 5.13. The molecule has 1 aromatic rings. The lowest BCUT2D eigenvalue weighted by Crippen LogP contribution is -2.06. The molecule has 3 heteroatoms. The van der Waals surface area contributed by atoms with Gasteiger partial charge in [0, 0.05) is 6.61 Å². The van der Waals surface area contributed by atoms with Crippen LogP contribution in [-0.2, 0) is 4.74 Å². The largest absolute Gasteiger partial charge is 0.496 e. The van der Waals surface area contributed by atoms with Gasteiger partial charge in [-0.15, -0.1) is 0 Å². The molecular weight excluding hydrogens is 192 g/mol. The lowest BCUT2D eigenvalue weighted by atomic mass is 10.2. The summed E-state index contributed by atoms with van der Waals surface area (Å²) in [7, 11) is 1.66. The molecule has 0 atom stereocenters. The third kappa shape index (κ3) is 3.80. The van der Waals surface area contributed by atoms with Crippen LogP contribution in [0.25, 0.3) is 0 Å². The van der Waals surface area contributed by atoms with Crippen molar-refractivity contribution in [3.05, 3.63) is 23.8 Å². The highest BCUT2D eigenvalue weighted by molar-refractivity contribution is 5.39. The summed E-state index contributed by atoms with van der Waals surface area (Å²) < 4.78 is 15.9. The van der Waals surface area contributed by atoms with Crippen LogP contribution in [0.5, 0.6) is 11.5 Å². The summed E-state index contributed by atoms with van der Waals surface area (Å²) >= 11 is 0. The average molecular weight is 210 g/mol. The molecule has 0 aliphatic rings. The monoisotopic (exact) mass is 210 g/mol. The Morgan fingerprint density at radius 1 is 1.20 bits per heavy atom. The van der Waals surface area contributed by atoms with Crippen LogP contribution in [0, 0.1) is 6.92 Å². The molecule has 0 radical (unpaired) electrons. The van der Waals surface area contributed by atoms with Crippen molar-refractivity contribution in [3.8, 4) is 11.5 Å². The molecule has 0 saturated heterocycles. The van der Waals surface area contributed by atoms with E-state index >= 15 is 0 Å². The molecule has 0 aliphatic carbocycles. The van der Waals surface area contributed by atoms with Gasteiger partial charge in [-0.25, -0.2) is 0 Å². The van der Waals surface area contributed by atoms with Crippen molar-refractivity contribution in [2.24, 2.45) is 0 Å². The van der Waals surface area contributed by atoms with E-state index in [0.717, 1.165) is 23.7 Å². The zero-order chi connectivity index (χ0) is 11.1. The summed E-state index contributed by atoms with van der Waals surface area (Å²) in [6.07, 6.45) is 0. The first-order valence-corrected chi connectivity index (χ1v) is 5.13. The first-order chi connectivity index (χ1) is 7.27. The van der Waals surface area contributed by atoms with Gasteiger partial charge in [0.05, 0.1) is 13.7 Å². The topological polar surface area (TPSA) is 27.7 Å². The van der Waals surface area contributed by atoms with E-state index in [4.69, 9.17) is 14.2 Å². The molecule has 1 aromatic carbocycles. The van der Waals surface area contributed by atoms with Gasteiger partial charge >= 0.3 is 0 Å². The Morgan fingerprint density at radius 2 is 2.00 bits per heavy atom. The average Bonchev–Trinajstić information content (AvgIpc) is 2.25. The molecule has 0 unspecified atom stereocenters. The summed E-state index contributed by atoms with van der Waals surface area (Å²) in [6.45, 7) is 5.90. The Hall–Kier alpha value is -1.22. The molecule has 0 fully saturated rings. The van der Waals surface area contributed by atoms with E-state index in [1.54, 1.807) is 7.11 Å². The van der Waals surface area contributed by atoms with Crippen LogP contribution < -0.4 is 9.47 Å². The molecule has 84 valence electrons. The van der Waals surface area contributed by atoms with Crippen molar-refractivity contribution in [2.75, 3.05) is 26.9 Å². The highest BCUT2D eigenvalue weighted by Gasteiger charge is 2.00. The number of hydrogen-bond acceptors (Lipinski definition) is 3. The third-order valence-corrected chi connectivity index (χ3v) is 2.07. The molecule has 3 nitrogen and oxygen atoms in total. The van der Waals surface area contributed by atoms with Gasteiger partial charge in [-0.3, -0.25) is 0 Å². The normalized spacial score (nSPS) is 10.1. The summed E-state index contributed by atoms with van der Waals surface area (Å²) in [5.74, 6) is 1.74. The Bertz CT molecular complexity index is 297. The standard InChI is InChI=1S/C12H18O3/c1-4-14-7-8-15-11-5-6-12(13-3)10(2)9-11/h5-6,9H,4,7-8H2,1-3H3. The van der Waals surface area contributed by atoms with Gasteiger partial charge < -0.3 is 14.2 Å². The van der Waals surface area contributed by atoms with Crippen LogP contribution in [0.1, 0.15) is 12.5 Å². The maximum Gasteiger partial charge on any atom is 0.122 e. The third-order valence-electron chi connectivity index (χ3n) is 2.07. The molecular formula is C12H18O3. The second-order valence-electron chi connectivity index (χ2n) is 3.18. The van der Waals surface area contributed by atoms with Crippen LogP contribution in [0.2, 0.25) is 0 Å². The summed E-state index contributed by atoms with van der Waals surface area (Å²) in [4.78, 5) is 0. The van der Waals surface area contributed by atoms with Gasteiger partial charge in [0.1, 0.15) is 18.1 Å². The molecule has 0 aromatic heterocycles. The van der Waals surface area contributed by atoms with Crippen molar-refractivity contribution in [2.45, 2.75) is 13.8 Å². The number of hydrogen-bond donors (Lipinski definition) is 0. The molecule has 0 aliphatic heterocycles. The van der Waals surface area contributed by atoms with Gasteiger partial charge in [0.2, 0.25) is 0 Å². The predicted octanol–water partition coefficient (Wildman–Crippen LogP) is 2.42. The van der Waals surface area contributed by atoms with Crippen LogP contribution in [0.4, 0.5) is 0 Å². The summed E-state index contributed by atoms with van der Waals surface area (Å²) in [6, 6.07) is 5.77. The Balaban J connectivity index is 2.45. The Kier molecular flexibility index (Phi) is 4.98. The van der Waals surface area contributed by atoms with Crippen molar-refractivity contribution in [3.63, 3.8) is 0 Å². The molecule has 0 spiro atoms. The van der Waals surface area contributed by atoms with E-state index in [2.05, 4.69) is 0 Å². The van der Waals surface area contributed by atoms with E-state index < -0.39 is 0 Å².